The van der Waals surface area contributed by atoms with Crippen LogP contribution in [0, 0.1) is 11.7 Å². The molecule has 2 amide bonds. The summed E-state index contributed by atoms with van der Waals surface area (Å²) in [6.07, 6.45) is 0.108. The third-order valence-corrected chi connectivity index (χ3v) is 4.27. The van der Waals surface area contributed by atoms with Gasteiger partial charge in [0.1, 0.15) is 5.82 Å². The normalized spacial score (nSPS) is 17.2. The summed E-state index contributed by atoms with van der Waals surface area (Å²) in [6, 6.07) is 15.5. The summed E-state index contributed by atoms with van der Waals surface area (Å²) in [5, 5.41) is 0. The maximum Gasteiger partial charge on any atom is 0.232 e. The zero-order valence-electron chi connectivity index (χ0n) is 13.5. The van der Waals surface area contributed by atoms with E-state index in [0.717, 1.165) is 5.69 Å². The molecule has 0 saturated carbocycles. The molecule has 1 atom stereocenters. The molecule has 1 fully saturated rings. The number of halogens is 1. The first-order chi connectivity index (χ1) is 11.6. The maximum absolute atomic E-state index is 13.9. The largest absolute Gasteiger partial charge is 0.312 e. The molecule has 124 valence electrons. The average Bonchev–Trinajstić information content (AvgIpc) is 2.98. The third-order valence-electron chi connectivity index (χ3n) is 4.27. The molecule has 4 nitrogen and oxygen atoms in total. The van der Waals surface area contributed by atoms with Crippen molar-refractivity contribution in [1.29, 1.82) is 0 Å². The highest BCUT2D eigenvalue weighted by molar-refractivity contribution is 6.04. The smallest absolute Gasteiger partial charge is 0.232 e. The molecule has 3 rings (SSSR count). The van der Waals surface area contributed by atoms with Gasteiger partial charge in [0.15, 0.2) is 0 Å². The van der Waals surface area contributed by atoms with Gasteiger partial charge in [0.2, 0.25) is 11.8 Å². The van der Waals surface area contributed by atoms with Crippen molar-refractivity contribution in [3.8, 4) is 0 Å². The first-order valence-corrected chi connectivity index (χ1v) is 8.03. The highest BCUT2D eigenvalue weighted by Crippen LogP contribution is 2.29. The summed E-state index contributed by atoms with van der Waals surface area (Å²) in [5.74, 6) is -1.23. The van der Waals surface area contributed by atoms with E-state index in [-0.39, 0.29) is 30.5 Å². The Morgan fingerprint density at radius 2 is 1.83 bits per heavy atom. The minimum Gasteiger partial charge on any atom is -0.312 e. The Bertz CT molecular complexity index is 748. The lowest BCUT2D eigenvalue weighted by atomic mass is 10.1. The first kappa shape index (κ1) is 16.2. The molecule has 1 aliphatic rings. The molecule has 2 aromatic carbocycles. The van der Waals surface area contributed by atoms with Crippen LogP contribution in [0.4, 0.5) is 15.8 Å². The SMILES string of the molecule is CCN(C(=O)C1CC(=O)N(c2ccccc2F)C1)c1ccccc1. The summed E-state index contributed by atoms with van der Waals surface area (Å²) >= 11 is 0. The van der Waals surface area contributed by atoms with Crippen molar-refractivity contribution in [3.05, 3.63) is 60.4 Å². The Labute approximate surface area is 140 Å². The summed E-state index contributed by atoms with van der Waals surface area (Å²) in [5.41, 5.74) is 1.04. The highest BCUT2D eigenvalue weighted by Gasteiger charge is 2.38. The molecule has 1 aliphatic heterocycles. The second-order valence-electron chi connectivity index (χ2n) is 5.77. The molecule has 0 N–H and O–H groups in total. The predicted molar refractivity (Wildman–Crippen MR) is 91.3 cm³/mol. The van der Waals surface area contributed by atoms with Gasteiger partial charge in [-0.1, -0.05) is 30.3 Å². The molecule has 0 aliphatic carbocycles. The standard InChI is InChI=1S/C19H19FN2O2/c1-2-21(15-8-4-3-5-9-15)19(24)14-12-18(23)22(13-14)17-11-7-6-10-16(17)20/h3-11,14H,2,12-13H2,1H3. The van der Waals surface area contributed by atoms with Gasteiger partial charge in [0, 0.05) is 25.2 Å². The van der Waals surface area contributed by atoms with Crippen LogP contribution in [-0.4, -0.2) is 24.9 Å². The fourth-order valence-electron chi connectivity index (χ4n) is 3.07. The van der Waals surface area contributed by atoms with Crippen LogP contribution in [0.15, 0.2) is 54.6 Å². The van der Waals surface area contributed by atoms with Crippen molar-refractivity contribution < 1.29 is 14.0 Å². The van der Waals surface area contributed by atoms with Crippen molar-refractivity contribution >= 4 is 23.2 Å². The van der Waals surface area contributed by atoms with Crippen molar-refractivity contribution in [2.24, 2.45) is 5.92 Å². The molecule has 0 spiro atoms. The first-order valence-electron chi connectivity index (χ1n) is 8.03. The molecule has 1 unspecified atom stereocenters. The number of carbonyl (C=O) groups excluding carboxylic acids is 2. The van der Waals surface area contributed by atoms with Gasteiger partial charge >= 0.3 is 0 Å². The molecule has 0 aromatic heterocycles. The molecular formula is C19H19FN2O2. The summed E-state index contributed by atoms with van der Waals surface area (Å²) in [6.45, 7) is 2.63. The van der Waals surface area contributed by atoms with Crippen LogP contribution in [0.2, 0.25) is 0 Å². The Morgan fingerprint density at radius 1 is 1.17 bits per heavy atom. The Kier molecular flexibility index (Phi) is 4.60. The van der Waals surface area contributed by atoms with Crippen LogP contribution >= 0.6 is 0 Å². The van der Waals surface area contributed by atoms with Crippen molar-refractivity contribution in [3.63, 3.8) is 0 Å². The lowest BCUT2D eigenvalue weighted by molar-refractivity contribution is -0.124. The minimum absolute atomic E-state index is 0.101. The van der Waals surface area contributed by atoms with E-state index in [1.54, 1.807) is 23.1 Å². The van der Waals surface area contributed by atoms with Crippen molar-refractivity contribution in [2.45, 2.75) is 13.3 Å². The minimum atomic E-state index is -0.461. The van der Waals surface area contributed by atoms with Crippen LogP contribution < -0.4 is 9.80 Å². The summed E-state index contributed by atoms with van der Waals surface area (Å²) < 4.78 is 13.9. The van der Waals surface area contributed by atoms with Crippen molar-refractivity contribution in [2.75, 3.05) is 22.9 Å². The Hall–Kier alpha value is -2.69. The number of anilines is 2. The third kappa shape index (κ3) is 3.02. The van der Waals surface area contributed by atoms with Crippen LogP contribution in [0.25, 0.3) is 0 Å². The van der Waals surface area contributed by atoms with E-state index in [1.165, 1.54) is 11.0 Å². The number of hydrogen-bond donors (Lipinski definition) is 0. The number of benzene rings is 2. The second-order valence-corrected chi connectivity index (χ2v) is 5.77. The van der Waals surface area contributed by atoms with Crippen LogP contribution in [0.3, 0.4) is 0 Å². The lowest BCUT2D eigenvalue weighted by Crippen LogP contribution is -2.37. The van der Waals surface area contributed by atoms with Gasteiger partial charge in [-0.2, -0.15) is 0 Å². The Morgan fingerprint density at radius 3 is 2.50 bits per heavy atom. The molecule has 1 saturated heterocycles. The summed E-state index contributed by atoms with van der Waals surface area (Å²) in [7, 11) is 0. The van der Waals surface area contributed by atoms with Crippen LogP contribution in [0.1, 0.15) is 13.3 Å². The molecule has 0 bridgehead atoms. The Balaban J connectivity index is 1.80. The van der Waals surface area contributed by atoms with E-state index < -0.39 is 11.7 Å². The van der Waals surface area contributed by atoms with E-state index in [4.69, 9.17) is 0 Å². The lowest BCUT2D eigenvalue weighted by Gasteiger charge is -2.24. The number of rotatable bonds is 4. The van der Waals surface area contributed by atoms with Gasteiger partial charge in [-0.05, 0) is 31.2 Å². The molecule has 5 heteroatoms. The highest BCUT2D eigenvalue weighted by atomic mass is 19.1. The number of nitrogens with zero attached hydrogens (tertiary/aromatic N) is 2. The second kappa shape index (κ2) is 6.83. The quantitative estimate of drug-likeness (QED) is 0.865. The van der Waals surface area contributed by atoms with Crippen LogP contribution in [-0.2, 0) is 9.59 Å². The van der Waals surface area contributed by atoms with E-state index in [0.29, 0.717) is 6.54 Å². The molecule has 2 aromatic rings. The molecular weight excluding hydrogens is 307 g/mol. The molecule has 24 heavy (non-hydrogen) atoms. The molecule has 0 radical (unpaired) electrons. The van der Waals surface area contributed by atoms with Gasteiger partial charge in [0.05, 0.1) is 11.6 Å². The number of para-hydroxylation sites is 2. The maximum atomic E-state index is 13.9. The monoisotopic (exact) mass is 326 g/mol. The fraction of sp³-hybridized carbons (Fsp3) is 0.263. The average molecular weight is 326 g/mol. The van der Waals surface area contributed by atoms with Crippen LogP contribution in [0.5, 0.6) is 0 Å². The van der Waals surface area contributed by atoms with Crippen molar-refractivity contribution in [1.82, 2.24) is 0 Å². The fourth-order valence-corrected chi connectivity index (χ4v) is 3.07. The van der Waals surface area contributed by atoms with Gasteiger partial charge in [-0.3, -0.25) is 9.59 Å². The van der Waals surface area contributed by atoms with E-state index in [9.17, 15) is 14.0 Å². The van der Waals surface area contributed by atoms with E-state index in [1.807, 2.05) is 37.3 Å². The zero-order valence-corrected chi connectivity index (χ0v) is 13.5. The molecule has 1 heterocycles. The van der Waals surface area contributed by atoms with E-state index in [2.05, 4.69) is 0 Å². The predicted octanol–water partition coefficient (Wildman–Crippen LogP) is 3.23. The van der Waals surface area contributed by atoms with Gasteiger partial charge in [-0.25, -0.2) is 4.39 Å². The van der Waals surface area contributed by atoms with Gasteiger partial charge in [-0.15, -0.1) is 0 Å². The van der Waals surface area contributed by atoms with Gasteiger partial charge in [0.25, 0.3) is 0 Å². The zero-order chi connectivity index (χ0) is 17.1. The number of hydrogen-bond acceptors (Lipinski definition) is 2. The summed E-state index contributed by atoms with van der Waals surface area (Å²) in [4.78, 5) is 28.2. The number of carbonyl (C=O) groups is 2. The van der Waals surface area contributed by atoms with E-state index >= 15 is 0 Å². The topological polar surface area (TPSA) is 40.6 Å². The number of amides is 2. The van der Waals surface area contributed by atoms with Gasteiger partial charge < -0.3 is 9.80 Å².